The molecule has 0 aliphatic heterocycles. The first kappa shape index (κ1) is 15.6. The number of aliphatic hydroxyl groups excluding tert-OH is 1. The number of furan rings is 1. The van der Waals surface area contributed by atoms with Crippen molar-refractivity contribution in [2.24, 2.45) is 5.73 Å². The number of nitrogens with two attached hydrogens (primary N) is 1. The van der Waals surface area contributed by atoms with Gasteiger partial charge in [-0.1, -0.05) is 18.2 Å². The van der Waals surface area contributed by atoms with Crippen molar-refractivity contribution in [2.45, 2.75) is 25.1 Å². The molecule has 1 aromatic carbocycles. The fourth-order valence-electron chi connectivity index (χ4n) is 2.20. The molecule has 0 aliphatic carbocycles. The molecular formula is C15H16F3NO2. The average molecular weight is 299 g/mol. The molecule has 2 unspecified atom stereocenters. The predicted molar refractivity (Wildman–Crippen MR) is 71.6 cm³/mol. The van der Waals surface area contributed by atoms with Crippen LogP contribution in [0.4, 0.5) is 13.2 Å². The largest absolute Gasteiger partial charge is 0.464 e. The summed E-state index contributed by atoms with van der Waals surface area (Å²) in [6, 6.07) is 8.10. The van der Waals surface area contributed by atoms with Gasteiger partial charge in [0.2, 0.25) is 0 Å². The van der Waals surface area contributed by atoms with Gasteiger partial charge in [-0.2, -0.15) is 13.2 Å². The number of hydrogen-bond donors (Lipinski definition) is 2. The van der Waals surface area contributed by atoms with E-state index >= 15 is 0 Å². The molecule has 3 nitrogen and oxygen atoms in total. The zero-order valence-electron chi connectivity index (χ0n) is 11.4. The number of aryl methyl sites for hydroxylation is 1. The summed E-state index contributed by atoms with van der Waals surface area (Å²) in [6.07, 6.45) is -5.52. The quantitative estimate of drug-likeness (QED) is 0.910. The molecule has 1 heterocycles. The summed E-state index contributed by atoms with van der Waals surface area (Å²) in [4.78, 5) is 0. The number of rotatable bonds is 4. The van der Waals surface area contributed by atoms with Crippen LogP contribution in [0.15, 0.2) is 40.8 Å². The number of aliphatic hydroxyl groups is 1. The molecule has 0 amide bonds. The average Bonchev–Trinajstić information content (AvgIpc) is 2.85. The second-order valence-electron chi connectivity index (χ2n) is 4.86. The van der Waals surface area contributed by atoms with Gasteiger partial charge < -0.3 is 15.3 Å². The Hall–Kier alpha value is -1.79. The molecule has 0 aliphatic rings. The molecule has 3 N–H and O–H groups in total. The van der Waals surface area contributed by atoms with Crippen molar-refractivity contribution in [3.05, 3.63) is 59.0 Å². The Bertz CT molecular complexity index is 607. The third kappa shape index (κ3) is 3.46. The normalized spacial score (nSPS) is 15.0. The maximum absolute atomic E-state index is 12.8. The smallest absolute Gasteiger partial charge is 0.416 e. The van der Waals surface area contributed by atoms with E-state index in [0.717, 1.165) is 12.1 Å². The predicted octanol–water partition coefficient (Wildman–Crippen LogP) is 3.38. The first-order chi connectivity index (χ1) is 9.82. The number of alkyl halides is 3. The van der Waals surface area contributed by atoms with Crippen LogP contribution >= 0.6 is 0 Å². The van der Waals surface area contributed by atoms with E-state index in [1.54, 1.807) is 19.1 Å². The summed E-state index contributed by atoms with van der Waals surface area (Å²) in [6.45, 7) is 1.72. The van der Waals surface area contributed by atoms with E-state index in [2.05, 4.69) is 0 Å². The second-order valence-corrected chi connectivity index (χ2v) is 4.86. The molecule has 114 valence electrons. The minimum Gasteiger partial charge on any atom is -0.464 e. The van der Waals surface area contributed by atoms with Crippen LogP contribution in [0.2, 0.25) is 0 Å². The summed E-state index contributed by atoms with van der Waals surface area (Å²) in [7, 11) is 0. The lowest BCUT2D eigenvalue weighted by molar-refractivity contribution is -0.137. The molecule has 0 bridgehead atoms. The molecule has 21 heavy (non-hydrogen) atoms. The van der Waals surface area contributed by atoms with Crippen LogP contribution in [0.5, 0.6) is 0 Å². The Morgan fingerprint density at radius 3 is 2.48 bits per heavy atom. The zero-order valence-corrected chi connectivity index (χ0v) is 11.4. The van der Waals surface area contributed by atoms with Crippen LogP contribution in [-0.4, -0.2) is 11.7 Å². The SMILES string of the molecule is Cc1ccc(C(O)C(CN)c2cccc(C(F)(F)F)c2)o1. The van der Waals surface area contributed by atoms with E-state index < -0.39 is 23.8 Å². The maximum atomic E-state index is 12.8. The highest BCUT2D eigenvalue weighted by atomic mass is 19.4. The molecular weight excluding hydrogens is 283 g/mol. The lowest BCUT2D eigenvalue weighted by Crippen LogP contribution is -2.20. The molecule has 6 heteroatoms. The molecule has 1 aromatic heterocycles. The fourth-order valence-corrected chi connectivity index (χ4v) is 2.20. The van der Waals surface area contributed by atoms with Crippen molar-refractivity contribution >= 4 is 0 Å². The third-order valence-electron chi connectivity index (χ3n) is 3.33. The molecule has 0 saturated carbocycles. The highest BCUT2D eigenvalue weighted by molar-refractivity contribution is 5.30. The molecule has 0 saturated heterocycles. The molecule has 0 radical (unpaired) electrons. The Balaban J connectivity index is 2.33. The minimum atomic E-state index is -4.43. The Kier molecular flexibility index (Phi) is 4.39. The van der Waals surface area contributed by atoms with Crippen LogP contribution in [-0.2, 0) is 6.18 Å². The van der Waals surface area contributed by atoms with Gasteiger partial charge in [0.05, 0.1) is 5.56 Å². The first-order valence-corrected chi connectivity index (χ1v) is 6.44. The molecule has 0 fully saturated rings. The summed E-state index contributed by atoms with van der Waals surface area (Å²) < 4.78 is 43.6. The highest BCUT2D eigenvalue weighted by Gasteiger charge is 2.32. The van der Waals surface area contributed by atoms with Crippen molar-refractivity contribution < 1.29 is 22.7 Å². The summed E-state index contributed by atoms with van der Waals surface area (Å²) >= 11 is 0. The van der Waals surface area contributed by atoms with Crippen LogP contribution < -0.4 is 5.73 Å². The monoisotopic (exact) mass is 299 g/mol. The van der Waals surface area contributed by atoms with Crippen molar-refractivity contribution in [3.8, 4) is 0 Å². The maximum Gasteiger partial charge on any atom is 0.416 e. The van der Waals surface area contributed by atoms with Crippen LogP contribution in [0, 0.1) is 6.92 Å². The summed E-state index contributed by atoms with van der Waals surface area (Å²) in [5, 5.41) is 10.3. The van der Waals surface area contributed by atoms with Gasteiger partial charge in [0.1, 0.15) is 17.6 Å². The van der Waals surface area contributed by atoms with E-state index in [1.165, 1.54) is 12.1 Å². The van der Waals surface area contributed by atoms with Crippen molar-refractivity contribution in [2.75, 3.05) is 6.54 Å². The van der Waals surface area contributed by atoms with Gasteiger partial charge in [0.25, 0.3) is 0 Å². The standard InChI is InChI=1S/C15H16F3NO2/c1-9-5-6-13(21-9)14(20)12(8-19)10-3-2-4-11(7-10)15(16,17)18/h2-7,12,14,20H,8,19H2,1H3. The fraction of sp³-hybridized carbons (Fsp3) is 0.333. The van der Waals surface area contributed by atoms with Gasteiger partial charge in [-0.15, -0.1) is 0 Å². The van der Waals surface area contributed by atoms with Gasteiger partial charge >= 0.3 is 6.18 Å². The summed E-state index contributed by atoms with van der Waals surface area (Å²) in [5.74, 6) is 0.238. The van der Waals surface area contributed by atoms with Crippen molar-refractivity contribution in [1.29, 1.82) is 0 Å². The van der Waals surface area contributed by atoms with Gasteiger partial charge in [-0.25, -0.2) is 0 Å². The van der Waals surface area contributed by atoms with E-state index in [-0.39, 0.29) is 6.54 Å². The van der Waals surface area contributed by atoms with Gasteiger partial charge in [0, 0.05) is 12.5 Å². The Morgan fingerprint density at radius 2 is 1.95 bits per heavy atom. The lowest BCUT2D eigenvalue weighted by Gasteiger charge is -2.21. The van der Waals surface area contributed by atoms with Gasteiger partial charge in [-0.3, -0.25) is 0 Å². The molecule has 0 spiro atoms. The van der Waals surface area contributed by atoms with E-state index in [1.807, 2.05) is 0 Å². The van der Waals surface area contributed by atoms with Crippen molar-refractivity contribution in [1.82, 2.24) is 0 Å². The number of halogens is 3. The second kappa shape index (κ2) is 5.91. The van der Waals surface area contributed by atoms with Gasteiger partial charge in [0.15, 0.2) is 0 Å². The number of hydrogen-bond acceptors (Lipinski definition) is 3. The summed E-state index contributed by atoms with van der Waals surface area (Å²) in [5.41, 5.74) is 5.19. The van der Waals surface area contributed by atoms with E-state index in [0.29, 0.717) is 17.1 Å². The zero-order chi connectivity index (χ0) is 15.6. The van der Waals surface area contributed by atoms with Crippen LogP contribution in [0.1, 0.15) is 34.7 Å². The number of benzene rings is 1. The van der Waals surface area contributed by atoms with E-state index in [9.17, 15) is 18.3 Å². The Labute approximate surface area is 120 Å². The van der Waals surface area contributed by atoms with Gasteiger partial charge in [-0.05, 0) is 30.7 Å². The Morgan fingerprint density at radius 1 is 1.24 bits per heavy atom. The van der Waals surface area contributed by atoms with Crippen LogP contribution in [0.25, 0.3) is 0 Å². The molecule has 2 aromatic rings. The van der Waals surface area contributed by atoms with Crippen LogP contribution in [0.3, 0.4) is 0 Å². The third-order valence-corrected chi connectivity index (χ3v) is 3.33. The highest BCUT2D eigenvalue weighted by Crippen LogP contribution is 2.35. The lowest BCUT2D eigenvalue weighted by atomic mass is 9.91. The molecule has 2 rings (SSSR count). The van der Waals surface area contributed by atoms with Crippen molar-refractivity contribution in [3.63, 3.8) is 0 Å². The minimum absolute atomic E-state index is 0.00221. The van der Waals surface area contributed by atoms with E-state index in [4.69, 9.17) is 10.2 Å². The topological polar surface area (TPSA) is 59.4 Å². The molecule has 2 atom stereocenters. The first-order valence-electron chi connectivity index (χ1n) is 6.44.